The highest BCUT2D eigenvalue weighted by atomic mass is 16.6. The Bertz CT molecular complexity index is 1110. The van der Waals surface area contributed by atoms with E-state index in [0.717, 1.165) is 12.8 Å². The van der Waals surface area contributed by atoms with E-state index in [4.69, 9.17) is 4.74 Å². The van der Waals surface area contributed by atoms with Crippen molar-refractivity contribution >= 4 is 16.5 Å². The minimum Gasteiger partial charge on any atom is -0.494 e. The lowest BCUT2D eigenvalue weighted by Crippen LogP contribution is -2.17. The molecule has 138 valence electrons. The molecule has 0 saturated carbocycles. The van der Waals surface area contributed by atoms with Gasteiger partial charge in [-0.3, -0.25) is 14.7 Å². The van der Waals surface area contributed by atoms with Crippen molar-refractivity contribution < 1.29 is 19.9 Å². The van der Waals surface area contributed by atoms with Crippen LogP contribution < -0.4 is 0 Å². The van der Waals surface area contributed by atoms with E-state index in [9.17, 15) is 20.3 Å². The highest BCUT2D eigenvalue weighted by Gasteiger charge is 2.59. The smallest absolute Gasteiger partial charge is 0.277 e. The van der Waals surface area contributed by atoms with Crippen molar-refractivity contribution in [1.82, 2.24) is 4.57 Å². The Morgan fingerprint density at radius 1 is 1.00 bits per heavy atom. The Morgan fingerprint density at radius 2 is 1.56 bits per heavy atom. The van der Waals surface area contributed by atoms with E-state index in [2.05, 4.69) is 0 Å². The van der Waals surface area contributed by atoms with Crippen molar-refractivity contribution in [2.75, 3.05) is 0 Å². The van der Waals surface area contributed by atoms with Crippen molar-refractivity contribution in [3.05, 3.63) is 57.6 Å². The van der Waals surface area contributed by atoms with Gasteiger partial charge in [-0.2, -0.15) is 0 Å². The van der Waals surface area contributed by atoms with Crippen LogP contribution in [-0.4, -0.2) is 19.7 Å². The van der Waals surface area contributed by atoms with E-state index in [1.165, 1.54) is 10.6 Å². The zero-order valence-electron chi connectivity index (χ0n) is 14.9. The number of nitro benzene ring substituents is 1. The maximum atomic E-state index is 11.4. The molecule has 2 aliphatic rings. The molecule has 0 spiro atoms. The molecule has 5 rings (SSSR count). The van der Waals surface area contributed by atoms with Gasteiger partial charge in [0.25, 0.3) is 5.69 Å². The zero-order valence-corrected chi connectivity index (χ0v) is 14.9. The predicted octanol–water partition coefficient (Wildman–Crippen LogP) is 4.20. The Balaban J connectivity index is 1.85. The highest BCUT2D eigenvalue weighted by Crippen LogP contribution is 2.64. The van der Waals surface area contributed by atoms with Crippen molar-refractivity contribution in [3.8, 4) is 17.4 Å². The van der Waals surface area contributed by atoms with Crippen molar-refractivity contribution in [1.29, 1.82) is 0 Å². The summed E-state index contributed by atoms with van der Waals surface area (Å²) in [7, 11) is 0. The summed E-state index contributed by atoms with van der Waals surface area (Å²) in [6, 6.07) is 9.87. The van der Waals surface area contributed by atoms with Gasteiger partial charge in [-0.1, -0.05) is 18.2 Å². The second-order valence-electron chi connectivity index (χ2n) is 7.70. The highest BCUT2D eigenvalue weighted by molar-refractivity contribution is 5.97. The summed E-state index contributed by atoms with van der Waals surface area (Å²) >= 11 is 0. The Kier molecular flexibility index (Phi) is 2.87. The van der Waals surface area contributed by atoms with Gasteiger partial charge in [-0.05, 0) is 38.8 Å². The number of non-ortho nitro benzene ring substituents is 1. The van der Waals surface area contributed by atoms with Crippen LogP contribution >= 0.6 is 0 Å². The Labute approximate surface area is 154 Å². The number of nitro groups is 1. The number of ether oxygens (including phenoxy) is 1. The van der Waals surface area contributed by atoms with Crippen LogP contribution in [0.15, 0.2) is 36.4 Å². The standard InChI is InChI=1S/C20H18N2O5/c1-19-9-10-20(2,27-19)16-15(19)17(23)21(18(16)24)13-7-8-14(22(25)26)12-6-4-3-5-11(12)13/h3-8,23-24H,9-10H2,1-2H3. The minimum atomic E-state index is -0.645. The molecule has 3 heterocycles. The van der Waals surface area contributed by atoms with Gasteiger partial charge in [0.05, 0.1) is 38.3 Å². The normalized spacial score (nSPS) is 25.9. The van der Waals surface area contributed by atoms with Crippen LogP contribution in [0.4, 0.5) is 5.69 Å². The summed E-state index contributed by atoms with van der Waals surface area (Å²) < 4.78 is 7.50. The monoisotopic (exact) mass is 366 g/mol. The summed E-state index contributed by atoms with van der Waals surface area (Å²) in [4.78, 5) is 10.9. The number of hydrogen-bond donors (Lipinski definition) is 2. The van der Waals surface area contributed by atoms with E-state index in [-0.39, 0.29) is 17.4 Å². The largest absolute Gasteiger partial charge is 0.494 e. The quantitative estimate of drug-likeness (QED) is 0.523. The molecule has 3 aromatic rings. The van der Waals surface area contributed by atoms with Gasteiger partial charge >= 0.3 is 0 Å². The average Bonchev–Trinajstić information content (AvgIpc) is 3.18. The molecular weight excluding hydrogens is 348 g/mol. The first-order valence-electron chi connectivity index (χ1n) is 8.81. The summed E-state index contributed by atoms with van der Waals surface area (Å²) in [5.41, 5.74) is 0.399. The molecule has 2 aliphatic heterocycles. The SMILES string of the molecule is CC12CCC(C)(O1)c1c2c(O)n(-c2ccc([N+](=O)[O-])c3ccccc23)c1O. The zero-order chi connectivity index (χ0) is 19.1. The molecule has 7 nitrogen and oxygen atoms in total. The summed E-state index contributed by atoms with van der Waals surface area (Å²) in [6.07, 6.45) is 1.52. The molecule has 2 unspecified atom stereocenters. The third-order valence-electron chi connectivity index (χ3n) is 6.02. The number of hydrogen-bond acceptors (Lipinski definition) is 5. The van der Waals surface area contributed by atoms with E-state index in [1.807, 2.05) is 13.8 Å². The second kappa shape index (κ2) is 4.80. The lowest BCUT2D eigenvalue weighted by Gasteiger charge is -2.21. The number of aromatic nitrogens is 1. The van der Waals surface area contributed by atoms with Crippen molar-refractivity contribution in [2.45, 2.75) is 37.9 Å². The van der Waals surface area contributed by atoms with E-state index in [0.29, 0.717) is 27.6 Å². The Hall–Kier alpha value is -3.06. The van der Waals surface area contributed by atoms with Gasteiger partial charge in [-0.15, -0.1) is 0 Å². The maximum Gasteiger partial charge on any atom is 0.277 e. The van der Waals surface area contributed by atoms with Gasteiger partial charge < -0.3 is 14.9 Å². The molecule has 2 N–H and O–H groups in total. The lowest BCUT2D eigenvalue weighted by atomic mass is 9.80. The van der Waals surface area contributed by atoms with Crippen LogP contribution in [0.1, 0.15) is 37.8 Å². The summed E-state index contributed by atoms with van der Waals surface area (Å²) in [5, 5.41) is 34.4. The van der Waals surface area contributed by atoms with Crippen molar-refractivity contribution in [2.24, 2.45) is 0 Å². The summed E-state index contributed by atoms with van der Waals surface area (Å²) in [6.45, 7) is 3.84. The van der Waals surface area contributed by atoms with Gasteiger partial charge in [0.15, 0.2) is 0 Å². The maximum absolute atomic E-state index is 11.4. The van der Waals surface area contributed by atoms with Gasteiger partial charge in [0.1, 0.15) is 0 Å². The number of fused-ring (bicyclic) bond motifs is 6. The van der Waals surface area contributed by atoms with E-state index < -0.39 is 16.1 Å². The molecule has 1 saturated heterocycles. The molecule has 2 bridgehead atoms. The molecule has 7 heteroatoms. The van der Waals surface area contributed by atoms with Crippen LogP contribution in [0.5, 0.6) is 11.8 Å². The number of benzene rings is 2. The van der Waals surface area contributed by atoms with Crippen LogP contribution in [0, 0.1) is 10.1 Å². The third-order valence-corrected chi connectivity index (χ3v) is 6.02. The first-order valence-corrected chi connectivity index (χ1v) is 8.81. The van der Waals surface area contributed by atoms with Gasteiger partial charge in [0.2, 0.25) is 11.8 Å². The minimum absolute atomic E-state index is 0.0182. The first-order chi connectivity index (χ1) is 12.8. The van der Waals surface area contributed by atoms with Crippen molar-refractivity contribution in [3.63, 3.8) is 0 Å². The fraction of sp³-hybridized carbons (Fsp3) is 0.300. The van der Waals surface area contributed by atoms with Crippen LogP contribution in [0.2, 0.25) is 0 Å². The van der Waals surface area contributed by atoms with E-state index >= 15 is 0 Å². The topological polar surface area (TPSA) is 97.8 Å². The van der Waals surface area contributed by atoms with E-state index in [1.54, 1.807) is 30.3 Å². The van der Waals surface area contributed by atoms with Crippen LogP contribution in [-0.2, 0) is 15.9 Å². The average molecular weight is 366 g/mol. The molecule has 1 aromatic heterocycles. The molecule has 0 amide bonds. The molecule has 0 aliphatic carbocycles. The van der Waals surface area contributed by atoms with Gasteiger partial charge in [-0.25, -0.2) is 0 Å². The van der Waals surface area contributed by atoms with Crippen LogP contribution in [0.25, 0.3) is 16.5 Å². The molecule has 1 fully saturated rings. The number of rotatable bonds is 2. The number of aromatic hydroxyl groups is 2. The lowest BCUT2D eigenvalue weighted by molar-refractivity contribution is -0.383. The second-order valence-corrected chi connectivity index (χ2v) is 7.70. The predicted molar refractivity (Wildman–Crippen MR) is 98.3 cm³/mol. The summed E-state index contributed by atoms with van der Waals surface area (Å²) in [5.74, 6) is -0.153. The fourth-order valence-corrected chi connectivity index (χ4v) is 4.83. The molecule has 0 radical (unpaired) electrons. The van der Waals surface area contributed by atoms with Gasteiger partial charge in [0, 0.05) is 11.5 Å². The Morgan fingerprint density at radius 3 is 2.11 bits per heavy atom. The first kappa shape index (κ1) is 16.1. The molecule has 27 heavy (non-hydrogen) atoms. The fourth-order valence-electron chi connectivity index (χ4n) is 4.83. The molecule has 2 aromatic carbocycles. The third kappa shape index (κ3) is 1.84. The van der Waals surface area contributed by atoms with Crippen LogP contribution in [0.3, 0.4) is 0 Å². The number of nitrogens with zero attached hydrogens (tertiary/aromatic N) is 2. The molecule has 2 atom stereocenters. The molecular formula is C20H18N2O5.